The van der Waals surface area contributed by atoms with Gasteiger partial charge in [0.2, 0.25) is 0 Å². The highest BCUT2D eigenvalue weighted by Crippen LogP contribution is 2.41. The summed E-state index contributed by atoms with van der Waals surface area (Å²) in [5, 5.41) is 5.63. The Morgan fingerprint density at radius 3 is 2.51 bits per heavy atom. The van der Waals surface area contributed by atoms with Gasteiger partial charge in [-0.2, -0.15) is 0 Å². The van der Waals surface area contributed by atoms with E-state index in [1.54, 1.807) is 19.2 Å². The molecule has 2 amide bonds. The van der Waals surface area contributed by atoms with Crippen LogP contribution < -0.4 is 15.4 Å². The van der Waals surface area contributed by atoms with Gasteiger partial charge in [0.15, 0.2) is 0 Å². The number of hydrogen-bond donors (Lipinski definition) is 2. The van der Waals surface area contributed by atoms with Crippen LogP contribution in [0.5, 0.6) is 5.75 Å². The molecule has 2 N–H and O–H groups in total. The maximum atomic E-state index is 12.8. The molecule has 8 heteroatoms. The molecule has 0 atom stereocenters. The fraction of sp³-hybridized carbons (Fsp3) is 0.370. The van der Waals surface area contributed by atoms with Crippen LogP contribution >= 0.6 is 0 Å². The number of nitrogens with one attached hydrogen (secondary N) is 2. The van der Waals surface area contributed by atoms with Crippen molar-refractivity contribution in [3.05, 3.63) is 64.2 Å². The first-order valence-corrected chi connectivity index (χ1v) is 11.6. The van der Waals surface area contributed by atoms with Crippen molar-refractivity contribution in [2.45, 2.75) is 59.7 Å². The fourth-order valence-corrected chi connectivity index (χ4v) is 3.99. The van der Waals surface area contributed by atoms with Crippen LogP contribution in [0.1, 0.15) is 60.7 Å². The Hall–Kier alpha value is -3.81. The average Bonchev–Trinajstić information content (AvgIpc) is 3.20. The number of carbonyl (C=O) groups is 3. The summed E-state index contributed by atoms with van der Waals surface area (Å²) in [6, 6.07) is 8.54. The van der Waals surface area contributed by atoms with Gasteiger partial charge in [-0.25, -0.2) is 9.59 Å². The minimum Gasteiger partial charge on any atom is -0.496 e. The summed E-state index contributed by atoms with van der Waals surface area (Å²) in [7, 11) is 1.56. The van der Waals surface area contributed by atoms with Crippen LogP contribution in [0.2, 0.25) is 0 Å². The number of para-hydroxylation sites is 1. The molecule has 0 bridgehead atoms. The lowest BCUT2D eigenvalue weighted by atomic mass is 9.93. The molecule has 1 aliphatic rings. The summed E-state index contributed by atoms with van der Waals surface area (Å²) in [5.74, 6) is -0.152. The predicted molar refractivity (Wildman–Crippen MR) is 134 cm³/mol. The van der Waals surface area contributed by atoms with Crippen LogP contribution in [0.25, 0.3) is 0 Å². The molecular weight excluding hydrogens is 448 g/mol. The molecule has 35 heavy (non-hydrogen) atoms. The summed E-state index contributed by atoms with van der Waals surface area (Å²) in [6.45, 7) is 7.56. The number of rotatable bonds is 9. The van der Waals surface area contributed by atoms with Gasteiger partial charge in [-0.3, -0.25) is 4.79 Å². The van der Waals surface area contributed by atoms with Crippen molar-refractivity contribution in [3.63, 3.8) is 0 Å². The zero-order chi connectivity index (χ0) is 25.5. The van der Waals surface area contributed by atoms with Crippen LogP contribution in [0, 0.1) is 6.92 Å². The van der Waals surface area contributed by atoms with Gasteiger partial charge >= 0.3 is 18.0 Å². The largest absolute Gasteiger partial charge is 0.496 e. The average molecular weight is 481 g/mol. The third kappa shape index (κ3) is 6.41. The highest BCUT2D eigenvalue weighted by atomic mass is 16.5. The molecule has 0 unspecified atom stereocenters. The monoisotopic (exact) mass is 480 g/mol. The summed E-state index contributed by atoms with van der Waals surface area (Å²) in [6.07, 6.45) is 3.01. The van der Waals surface area contributed by atoms with Crippen LogP contribution in [0.4, 0.5) is 16.2 Å². The number of carbonyl (C=O) groups excluding carboxylic acids is 3. The Labute approximate surface area is 205 Å². The number of amides is 2. The molecule has 1 aliphatic heterocycles. The molecule has 0 radical (unpaired) electrons. The minimum absolute atomic E-state index is 0.123. The van der Waals surface area contributed by atoms with Crippen LogP contribution in [0.15, 0.2) is 42.0 Å². The Morgan fingerprint density at radius 1 is 1.14 bits per heavy atom. The van der Waals surface area contributed by atoms with Crippen molar-refractivity contribution in [1.82, 2.24) is 0 Å². The maximum absolute atomic E-state index is 12.8. The van der Waals surface area contributed by atoms with Crippen molar-refractivity contribution in [2.24, 2.45) is 0 Å². The van der Waals surface area contributed by atoms with Crippen LogP contribution in [-0.4, -0.2) is 31.2 Å². The Balaban J connectivity index is 1.91. The standard InChI is InChI=1S/C27H32N2O6/c1-16(2)35-22(30)14-12-17(3)11-13-20-24(29-27(32)28-19-9-7-6-8-10-19)23-21(15-34-26(23)31)18(4)25(20)33-5/h6-11,16H,12-15H2,1-5H3,(H2,28,29,32). The van der Waals surface area contributed by atoms with Crippen molar-refractivity contribution >= 4 is 29.3 Å². The number of esters is 2. The third-order valence-electron chi connectivity index (χ3n) is 5.69. The number of allylic oxidation sites excluding steroid dienone is 2. The first-order chi connectivity index (χ1) is 16.7. The second kappa shape index (κ2) is 11.6. The van der Waals surface area contributed by atoms with E-state index in [1.807, 2.05) is 52.0 Å². The lowest BCUT2D eigenvalue weighted by Gasteiger charge is -2.20. The SMILES string of the molecule is COc1c(C)c2c(c(NC(=O)Nc3ccccc3)c1CC=C(C)CCC(=O)OC(C)C)C(=O)OC2. The van der Waals surface area contributed by atoms with Crippen molar-refractivity contribution in [2.75, 3.05) is 17.7 Å². The van der Waals surface area contributed by atoms with E-state index in [-0.39, 0.29) is 25.1 Å². The second-order valence-electron chi connectivity index (χ2n) is 8.68. The quantitative estimate of drug-likeness (QED) is 0.361. The van der Waals surface area contributed by atoms with Gasteiger partial charge in [-0.15, -0.1) is 0 Å². The summed E-state index contributed by atoms with van der Waals surface area (Å²) in [5.41, 5.74) is 4.46. The fourth-order valence-electron chi connectivity index (χ4n) is 3.99. The van der Waals surface area contributed by atoms with E-state index in [0.29, 0.717) is 46.7 Å². The smallest absolute Gasteiger partial charge is 0.341 e. The van der Waals surface area contributed by atoms with E-state index in [2.05, 4.69) is 10.6 Å². The molecule has 0 saturated heterocycles. The van der Waals surface area contributed by atoms with Gasteiger partial charge in [-0.05, 0) is 58.2 Å². The molecule has 0 spiro atoms. The van der Waals surface area contributed by atoms with E-state index in [4.69, 9.17) is 14.2 Å². The highest BCUT2D eigenvalue weighted by Gasteiger charge is 2.32. The topological polar surface area (TPSA) is 103 Å². The molecule has 186 valence electrons. The minimum atomic E-state index is -0.487. The predicted octanol–water partition coefficient (Wildman–Crippen LogP) is 5.54. The molecule has 0 aromatic heterocycles. The molecule has 8 nitrogen and oxygen atoms in total. The zero-order valence-corrected chi connectivity index (χ0v) is 20.8. The number of benzene rings is 2. The first-order valence-electron chi connectivity index (χ1n) is 11.6. The number of fused-ring (bicyclic) bond motifs is 1. The zero-order valence-electron chi connectivity index (χ0n) is 20.8. The summed E-state index contributed by atoms with van der Waals surface area (Å²) < 4.78 is 16.2. The lowest BCUT2D eigenvalue weighted by molar-refractivity contribution is -0.147. The van der Waals surface area contributed by atoms with Gasteiger partial charge in [0, 0.05) is 23.2 Å². The highest BCUT2D eigenvalue weighted by molar-refractivity contribution is 6.08. The number of methoxy groups -OCH3 is 1. The number of urea groups is 1. The first kappa shape index (κ1) is 25.8. The van der Waals surface area contributed by atoms with Crippen LogP contribution in [0.3, 0.4) is 0 Å². The molecule has 2 aromatic carbocycles. The Bertz CT molecular complexity index is 1140. The van der Waals surface area contributed by atoms with Gasteiger partial charge in [0.25, 0.3) is 0 Å². The van der Waals surface area contributed by atoms with E-state index in [0.717, 1.165) is 11.1 Å². The normalized spacial score (nSPS) is 12.7. The van der Waals surface area contributed by atoms with E-state index < -0.39 is 12.0 Å². The van der Waals surface area contributed by atoms with Gasteiger partial charge in [-0.1, -0.05) is 29.8 Å². The molecule has 0 fully saturated rings. The lowest BCUT2D eigenvalue weighted by Crippen LogP contribution is -2.22. The molecular formula is C27H32N2O6. The molecule has 1 heterocycles. The Morgan fingerprint density at radius 2 is 1.86 bits per heavy atom. The van der Waals surface area contributed by atoms with E-state index in [1.165, 1.54) is 0 Å². The van der Waals surface area contributed by atoms with Crippen molar-refractivity contribution in [1.29, 1.82) is 0 Å². The molecule has 3 rings (SSSR count). The van der Waals surface area contributed by atoms with E-state index in [9.17, 15) is 14.4 Å². The molecule has 0 saturated carbocycles. The maximum Gasteiger partial charge on any atom is 0.341 e. The van der Waals surface area contributed by atoms with Crippen molar-refractivity contribution in [3.8, 4) is 5.75 Å². The third-order valence-corrected chi connectivity index (χ3v) is 5.69. The van der Waals surface area contributed by atoms with Gasteiger partial charge < -0.3 is 24.8 Å². The van der Waals surface area contributed by atoms with Gasteiger partial charge in [0.05, 0.1) is 24.5 Å². The number of cyclic esters (lactones) is 1. The summed E-state index contributed by atoms with van der Waals surface area (Å²) >= 11 is 0. The second-order valence-corrected chi connectivity index (χ2v) is 8.68. The number of ether oxygens (including phenoxy) is 3. The Kier molecular flexibility index (Phi) is 8.52. The molecule has 0 aliphatic carbocycles. The van der Waals surface area contributed by atoms with Crippen molar-refractivity contribution < 1.29 is 28.6 Å². The van der Waals surface area contributed by atoms with E-state index >= 15 is 0 Å². The van der Waals surface area contributed by atoms with Crippen LogP contribution in [-0.2, 0) is 27.3 Å². The summed E-state index contributed by atoms with van der Waals surface area (Å²) in [4.78, 5) is 37.4. The number of anilines is 2. The number of hydrogen-bond acceptors (Lipinski definition) is 6. The molecule has 2 aromatic rings. The van der Waals surface area contributed by atoms with Gasteiger partial charge in [0.1, 0.15) is 12.4 Å².